The molecule has 0 saturated carbocycles. The van der Waals surface area contributed by atoms with Crippen LogP contribution < -0.4 is 14.4 Å². The smallest absolute Gasteiger partial charge is 0.325 e. The van der Waals surface area contributed by atoms with E-state index < -0.39 is 0 Å². The van der Waals surface area contributed by atoms with Gasteiger partial charge in [0.15, 0.2) is 0 Å². The van der Waals surface area contributed by atoms with E-state index in [-0.39, 0.29) is 12.5 Å². The molecule has 0 saturated heterocycles. The number of anilines is 1. The maximum Gasteiger partial charge on any atom is 0.325 e. The maximum absolute atomic E-state index is 11.4. The summed E-state index contributed by atoms with van der Waals surface area (Å²) >= 11 is 0. The van der Waals surface area contributed by atoms with E-state index in [1.54, 1.807) is 45.2 Å². The summed E-state index contributed by atoms with van der Waals surface area (Å²) in [5.74, 6) is 1.12. The monoisotopic (exact) mass is 253 g/mol. The fraction of sp³-hybridized carbons (Fsp3) is 0.462. The number of carbonyl (C=O) groups is 1. The van der Waals surface area contributed by atoms with Crippen molar-refractivity contribution in [3.8, 4) is 11.5 Å². The van der Waals surface area contributed by atoms with Gasteiger partial charge in [0.05, 0.1) is 26.5 Å². The minimum absolute atomic E-state index is 0.164. The first-order chi connectivity index (χ1) is 8.62. The van der Waals surface area contributed by atoms with Gasteiger partial charge < -0.3 is 19.1 Å². The number of rotatable bonds is 6. The molecule has 0 atom stereocenters. The second-order valence-corrected chi connectivity index (χ2v) is 3.70. The lowest BCUT2D eigenvalue weighted by Gasteiger charge is -2.21. The van der Waals surface area contributed by atoms with Crippen LogP contribution in [0.4, 0.5) is 5.69 Å². The molecule has 1 aromatic carbocycles. The van der Waals surface area contributed by atoms with E-state index in [1.807, 2.05) is 6.07 Å². The number of methoxy groups -OCH3 is 2. The van der Waals surface area contributed by atoms with Crippen molar-refractivity contribution in [1.29, 1.82) is 0 Å². The molecule has 0 aliphatic rings. The third kappa shape index (κ3) is 3.55. The van der Waals surface area contributed by atoms with Gasteiger partial charge in [-0.25, -0.2) is 0 Å². The van der Waals surface area contributed by atoms with Crippen molar-refractivity contribution in [3.05, 3.63) is 18.2 Å². The van der Waals surface area contributed by atoms with Crippen molar-refractivity contribution < 1.29 is 19.0 Å². The van der Waals surface area contributed by atoms with Gasteiger partial charge in [0.1, 0.15) is 18.0 Å². The summed E-state index contributed by atoms with van der Waals surface area (Å²) in [7, 11) is 4.98. The number of carbonyl (C=O) groups excluding carboxylic acids is 1. The van der Waals surface area contributed by atoms with Crippen molar-refractivity contribution in [2.24, 2.45) is 0 Å². The number of ether oxygens (including phenoxy) is 3. The van der Waals surface area contributed by atoms with Gasteiger partial charge in [-0.15, -0.1) is 0 Å². The van der Waals surface area contributed by atoms with Crippen LogP contribution in [0.15, 0.2) is 18.2 Å². The van der Waals surface area contributed by atoms with E-state index in [1.165, 1.54) is 0 Å². The fourth-order valence-electron chi connectivity index (χ4n) is 1.58. The molecule has 5 nitrogen and oxygen atoms in total. The molecule has 0 amide bonds. The molecule has 0 heterocycles. The van der Waals surface area contributed by atoms with E-state index >= 15 is 0 Å². The quantitative estimate of drug-likeness (QED) is 0.722. The maximum atomic E-state index is 11.4. The third-order valence-electron chi connectivity index (χ3n) is 2.47. The fourth-order valence-corrected chi connectivity index (χ4v) is 1.58. The lowest BCUT2D eigenvalue weighted by Crippen LogP contribution is -2.27. The van der Waals surface area contributed by atoms with Crippen molar-refractivity contribution >= 4 is 11.7 Å². The van der Waals surface area contributed by atoms with Crippen molar-refractivity contribution in [1.82, 2.24) is 0 Å². The first kappa shape index (κ1) is 14.2. The summed E-state index contributed by atoms with van der Waals surface area (Å²) in [6, 6.07) is 5.43. The second kappa shape index (κ2) is 6.74. The van der Waals surface area contributed by atoms with Gasteiger partial charge in [-0.05, 0) is 19.1 Å². The SMILES string of the molecule is CCOC(=O)CN(C)c1cc(OC)ccc1OC. The molecule has 5 heteroatoms. The summed E-state index contributed by atoms with van der Waals surface area (Å²) in [6.45, 7) is 2.32. The lowest BCUT2D eigenvalue weighted by atomic mass is 10.2. The van der Waals surface area contributed by atoms with Crippen LogP contribution >= 0.6 is 0 Å². The van der Waals surface area contributed by atoms with Gasteiger partial charge >= 0.3 is 5.97 Å². The molecule has 0 bridgehead atoms. The predicted octanol–water partition coefficient (Wildman–Crippen LogP) is 1.70. The minimum atomic E-state index is -0.273. The zero-order valence-electron chi connectivity index (χ0n) is 11.2. The largest absolute Gasteiger partial charge is 0.497 e. The topological polar surface area (TPSA) is 48.0 Å². The summed E-state index contributed by atoms with van der Waals surface area (Å²) in [4.78, 5) is 13.2. The Morgan fingerprint density at radius 3 is 2.56 bits per heavy atom. The van der Waals surface area contributed by atoms with Gasteiger partial charge in [0, 0.05) is 13.1 Å². The average Bonchev–Trinajstić information content (AvgIpc) is 2.38. The summed E-state index contributed by atoms with van der Waals surface area (Å²) in [6.07, 6.45) is 0. The molecule has 0 fully saturated rings. The zero-order valence-corrected chi connectivity index (χ0v) is 11.2. The van der Waals surface area contributed by atoms with Crippen LogP contribution in [0.25, 0.3) is 0 Å². The highest BCUT2D eigenvalue weighted by Gasteiger charge is 2.13. The molecule has 1 aromatic rings. The van der Waals surface area contributed by atoms with E-state index in [0.717, 1.165) is 5.69 Å². The zero-order chi connectivity index (χ0) is 13.5. The third-order valence-corrected chi connectivity index (χ3v) is 2.47. The first-order valence-corrected chi connectivity index (χ1v) is 5.71. The molecule has 0 aliphatic carbocycles. The molecule has 0 unspecified atom stereocenters. The molecule has 0 N–H and O–H groups in total. The highest BCUT2D eigenvalue weighted by atomic mass is 16.5. The Morgan fingerprint density at radius 1 is 1.28 bits per heavy atom. The number of benzene rings is 1. The highest BCUT2D eigenvalue weighted by Crippen LogP contribution is 2.31. The normalized spacial score (nSPS) is 9.78. The first-order valence-electron chi connectivity index (χ1n) is 5.71. The number of nitrogens with zero attached hydrogens (tertiary/aromatic N) is 1. The molecule has 0 aromatic heterocycles. The van der Waals surface area contributed by atoms with Crippen LogP contribution in [0.5, 0.6) is 11.5 Å². The van der Waals surface area contributed by atoms with Gasteiger partial charge in [0.2, 0.25) is 0 Å². The molecule has 100 valence electrons. The van der Waals surface area contributed by atoms with Crippen LogP contribution in [0.1, 0.15) is 6.92 Å². The molecular weight excluding hydrogens is 234 g/mol. The van der Waals surface area contributed by atoms with Crippen molar-refractivity contribution in [2.45, 2.75) is 6.92 Å². The Hall–Kier alpha value is -1.91. The number of hydrogen-bond acceptors (Lipinski definition) is 5. The van der Waals surface area contributed by atoms with Crippen molar-refractivity contribution in [2.75, 3.05) is 39.3 Å². The highest BCUT2D eigenvalue weighted by molar-refractivity contribution is 5.77. The van der Waals surface area contributed by atoms with E-state index in [0.29, 0.717) is 18.1 Å². The number of esters is 1. The Balaban J connectivity index is 2.88. The van der Waals surface area contributed by atoms with Crippen LogP contribution in [-0.4, -0.2) is 40.4 Å². The summed E-state index contributed by atoms with van der Waals surface area (Å²) in [5, 5.41) is 0. The second-order valence-electron chi connectivity index (χ2n) is 3.70. The Kier molecular flexibility index (Phi) is 5.30. The predicted molar refractivity (Wildman–Crippen MR) is 69.4 cm³/mol. The Morgan fingerprint density at radius 2 is 2.00 bits per heavy atom. The molecular formula is C13H19NO4. The summed E-state index contributed by atoms with van der Waals surface area (Å²) in [5.41, 5.74) is 0.782. The number of likely N-dealkylation sites (N-methyl/N-ethyl adjacent to an activating group) is 1. The minimum Gasteiger partial charge on any atom is -0.497 e. The van der Waals surface area contributed by atoms with E-state index in [4.69, 9.17) is 14.2 Å². The van der Waals surface area contributed by atoms with Gasteiger partial charge in [-0.3, -0.25) is 4.79 Å². The van der Waals surface area contributed by atoms with Crippen LogP contribution in [0.3, 0.4) is 0 Å². The number of hydrogen-bond donors (Lipinski definition) is 0. The molecule has 0 radical (unpaired) electrons. The van der Waals surface area contributed by atoms with Crippen LogP contribution in [0.2, 0.25) is 0 Å². The van der Waals surface area contributed by atoms with Gasteiger partial charge in [0.25, 0.3) is 0 Å². The van der Waals surface area contributed by atoms with E-state index in [2.05, 4.69) is 0 Å². The van der Waals surface area contributed by atoms with Crippen molar-refractivity contribution in [3.63, 3.8) is 0 Å². The average molecular weight is 253 g/mol. The molecule has 1 rings (SSSR count). The van der Waals surface area contributed by atoms with Crippen LogP contribution in [0, 0.1) is 0 Å². The Bertz CT molecular complexity index is 406. The Labute approximate surface area is 107 Å². The lowest BCUT2D eigenvalue weighted by molar-refractivity contribution is -0.141. The molecule has 0 spiro atoms. The van der Waals surface area contributed by atoms with Gasteiger partial charge in [-0.1, -0.05) is 0 Å². The summed E-state index contributed by atoms with van der Waals surface area (Å²) < 4.78 is 15.3. The molecule has 0 aliphatic heterocycles. The van der Waals surface area contributed by atoms with E-state index in [9.17, 15) is 4.79 Å². The van der Waals surface area contributed by atoms with Gasteiger partial charge in [-0.2, -0.15) is 0 Å². The molecule has 18 heavy (non-hydrogen) atoms. The standard InChI is InChI=1S/C13H19NO4/c1-5-18-13(15)9-14(2)11-8-10(16-3)6-7-12(11)17-4/h6-8H,5,9H2,1-4H3. The van der Waals surface area contributed by atoms with Crippen LogP contribution in [-0.2, 0) is 9.53 Å².